The van der Waals surface area contributed by atoms with Crippen molar-refractivity contribution in [3.63, 3.8) is 0 Å². The van der Waals surface area contributed by atoms with Gasteiger partial charge in [0, 0.05) is 113 Å². The molecule has 132 heavy (non-hydrogen) atoms. The van der Waals surface area contributed by atoms with Crippen molar-refractivity contribution >= 4 is 119 Å². The molecule has 13 heterocycles. The van der Waals surface area contributed by atoms with E-state index in [0.717, 1.165) is 111 Å². The molecule has 2 aliphatic heterocycles. The quantitative estimate of drug-likeness (QED) is 0.0167. The number of anilines is 10. The first-order chi connectivity index (χ1) is 63.9. The van der Waals surface area contributed by atoms with Crippen LogP contribution < -0.4 is 72.8 Å². The highest BCUT2D eigenvalue weighted by Gasteiger charge is 2.59. The van der Waals surface area contributed by atoms with E-state index < -0.39 is 0 Å². The van der Waals surface area contributed by atoms with Gasteiger partial charge in [0.1, 0.15) is 61.5 Å². The molecular weight excluding hydrogens is 1680 g/mol. The van der Waals surface area contributed by atoms with Crippen molar-refractivity contribution in [2.75, 3.05) is 85.3 Å². The van der Waals surface area contributed by atoms with E-state index in [0.29, 0.717) is 149 Å². The maximum absolute atomic E-state index is 13.9. The second kappa shape index (κ2) is 35.3. The number of imidazole rings is 4. The average molecular weight is 1780 g/mol. The van der Waals surface area contributed by atoms with Crippen LogP contribution in [0, 0.1) is 23.7 Å². The summed E-state index contributed by atoms with van der Waals surface area (Å²) in [6.07, 6.45) is 35.5. The summed E-state index contributed by atoms with van der Waals surface area (Å²) in [5.74, 6) is 3.63. The standard InChI is InChI=1S/C25H25N7O3.C24H25N7O3.C24H25N7O2.C21H25N7O2/c1-4-20(33)27-16-6-5-7-17(8-16)31-13-18(28-19-12-30(2)29-23(19)35-3)21-22(24(31)34)32(14-26-21)25-9-15(10-25)11-25;1-4-20(32)26-15-7-5-10-17(11-15)30-13-18(27-19-12-29(2)28-23(19)34-3)21-22(24(30)33)31(14-25-21)16-8-6-9-16;1-5-15(2)26-16-7-6-8-18(11-16)30-13-19(27-20-12-29(3)28-23(20)33-4)21-22(24(30)32)31(14-25-21)17-9-10-17;1-5-18(29)28-7-14-13(15(14)8-28)6-27-10-16(20-19(12(27)2)22-11-23-20)24-17-9-26(3)25-21(17)30-4/h4-8,12-15,28H,1,9-11H2,2-3H3,(H,27,33);4-5,7,10-14,16,27H,1,6,8-9H2,2-3H3,(H,26,32);5-8,11-14,17,26-27H,1-2,9-10H2,3-4H3;5,9-11,13-15,24H,1-2,6-8H2,3-4H3,(H,22,23). The molecule has 11 aromatic heterocycles. The van der Waals surface area contributed by atoms with Crippen molar-refractivity contribution in [1.29, 1.82) is 0 Å². The highest BCUT2D eigenvalue weighted by Crippen LogP contribution is 2.63. The largest absolute Gasteiger partial charge is 0.478 e. The molecule has 1 saturated heterocycles. The molecule has 676 valence electrons. The van der Waals surface area contributed by atoms with E-state index >= 15 is 0 Å². The van der Waals surface area contributed by atoms with Crippen molar-refractivity contribution < 1.29 is 33.3 Å². The van der Waals surface area contributed by atoms with Gasteiger partial charge in [0.2, 0.25) is 17.7 Å². The number of hydrogen-bond acceptors (Lipinski definition) is 24. The number of piperidine rings is 1. The molecule has 3 aromatic carbocycles. The van der Waals surface area contributed by atoms with Gasteiger partial charge in [-0.1, -0.05) is 57.7 Å². The molecule has 3 amide bonds. The number of benzene rings is 3. The number of methoxy groups -OCH3 is 4. The topological polar surface area (TPSA) is 398 Å². The lowest BCUT2D eigenvalue weighted by Crippen LogP contribution is -2.59. The van der Waals surface area contributed by atoms with Gasteiger partial charge in [0.15, 0.2) is 0 Å². The van der Waals surface area contributed by atoms with E-state index in [9.17, 15) is 28.8 Å². The molecule has 2 unspecified atom stereocenters. The van der Waals surface area contributed by atoms with Gasteiger partial charge in [-0.2, -0.15) is 0 Å². The fourth-order valence-electron chi connectivity index (χ4n) is 18.0. The highest BCUT2D eigenvalue weighted by molar-refractivity contribution is 6.00. The predicted octanol–water partition coefficient (Wildman–Crippen LogP) is 12.7. The van der Waals surface area contributed by atoms with Crippen molar-refractivity contribution in [1.82, 2.24) is 101 Å². The van der Waals surface area contributed by atoms with Gasteiger partial charge in [0.05, 0.1) is 130 Å². The van der Waals surface area contributed by atoms with Crippen LogP contribution in [0.4, 0.5) is 56.9 Å². The Labute approximate surface area is 756 Å². The zero-order valence-corrected chi connectivity index (χ0v) is 74.2. The van der Waals surface area contributed by atoms with Crippen LogP contribution in [0.2, 0.25) is 0 Å². The molecule has 2 bridgehead atoms. The smallest absolute Gasteiger partial charge is 0.281 e. The number of likely N-dealkylation sites (tertiary alicyclic amines) is 1. The first kappa shape index (κ1) is 86.3. The molecule has 0 radical (unpaired) electrons. The van der Waals surface area contributed by atoms with Crippen LogP contribution in [0.15, 0.2) is 232 Å². The lowest BCUT2D eigenvalue weighted by Gasteiger charge is -2.62. The third kappa shape index (κ3) is 16.6. The number of pyridine rings is 3. The maximum atomic E-state index is 13.9. The van der Waals surface area contributed by atoms with Gasteiger partial charge in [-0.15, -0.1) is 20.4 Å². The number of amides is 3. The minimum Gasteiger partial charge on any atom is -0.478 e. The van der Waals surface area contributed by atoms with Crippen LogP contribution in [-0.4, -0.2) is 167 Å². The van der Waals surface area contributed by atoms with E-state index in [1.165, 1.54) is 18.2 Å². The number of carbonyl (C=O) groups excluding carboxylic acids is 3. The van der Waals surface area contributed by atoms with E-state index in [2.05, 4.69) is 138 Å². The average Bonchev–Trinajstić information content (AvgIpc) is 1.33. The Kier molecular flexibility index (Phi) is 23.1. The van der Waals surface area contributed by atoms with Crippen molar-refractivity contribution in [2.24, 2.45) is 51.9 Å². The Morgan fingerprint density at radius 3 is 1.32 bits per heavy atom. The van der Waals surface area contributed by atoms with Gasteiger partial charge in [-0.05, 0) is 154 Å². The van der Waals surface area contributed by atoms with Gasteiger partial charge in [-0.3, -0.25) is 61.2 Å². The molecular formula is C94H100N28O10. The summed E-state index contributed by atoms with van der Waals surface area (Å²) in [6, 6.07) is 22.4. The van der Waals surface area contributed by atoms with E-state index in [4.69, 9.17) is 18.9 Å². The molecule has 8 aliphatic rings. The maximum Gasteiger partial charge on any atom is 0.281 e. The molecule has 0 spiro atoms. The van der Waals surface area contributed by atoms with Gasteiger partial charge in [0.25, 0.3) is 40.2 Å². The first-order valence-corrected chi connectivity index (χ1v) is 43.0. The Bertz CT molecular complexity index is 7170. The van der Waals surface area contributed by atoms with E-state index in [1.54, 1.807) is 160 Å². The zero-order valence-electron chi connectivity index (χ0n) is 74.2. The first-order valence-electron chi connectivity index (χ1n) is 43.0. The van der Waals surface area contributed by atoms with Crippen LogP contribution in [0.3, 0.4) is 0 Å². The molecule has 6 saturated carbocycles. The summed E-state index contributed by atoms with van der Waals surface area (Å²) in [7, 11) is 13.6. The van der Waals surface area contributed by atoms with Crippen LogP contribution in [0.1, 0.15) is 74.8 Å². The fourth-order valence-corrected chi connectivity index (χ4v) is 18.0. The molecule has 6 aliphatic carbocycles. The highest BCUT2D eigenvalue weighted by atomic mass is 16.5. The van der Waals surface area contributed by atoms with Crippen LogP contribution >= 0.6 is 0 Å². The number of allylic oxidation sites excluding steroid dienone is 1. The van der Waals surface area contributed by atoms with Gasteiger partial charge in [-0.25, -0.2) is 19.9 Å². The van der Waals surface area contributed by atoms with Crippen molar-refractivity contribution in [3.8, 4) is 40.6 Å². The number of nitrogens with one attached hydrogen (secondary N) is 8. The summed E-state index contributed by atoms with van der Waals surface area (Å²) in [5.41, 5.74) is 15.7. The minimum absolute atomic E-state index is 0.0131. The number of fused-ring (bicyclic) bond motifs is 5. The molecule has 38 nitrogen and oxygen atoms in total. The van der Waals surface area contributed by atoms with Gasteiger partial charge < -0.3 is 84.7 Å². The molecule has 7 fully saturated rings. The van der Waals surface area contributed by atoms with Crippen LogP contribution in [0.25, 0.3) is 61.6 Å². The van der Waals surface area contributed by atoms with E-state index in [-0.39, 0.29) is 46.0 Å². The lowest BCUT2D eigenvalue weighted by molar-refractivity contribution is -0.125. The normalized spacial score (nSPS) is 17.6. The number of H-pyrrole nitrogens is 1. The summed E-state index contributed by atoms with van der Waals surface area (Å²) >= 11 is 0. The SMILES string of the molecule is C=CC(=C)Nc1cccc(-n2cc(Nc3cn(C)nc3OC)c3ncn(C4CC4)c3c2=O)c1.C=CC(=O)N1CC2C(CN3C=C(Nc4cn(C)nc4OC)c4nc[nH]c4C3=C)C2C1.C=CC(=O)Nc1cccc(-n2cc(Nc3cn(C)nc3OC)c3ncn(C45CC(C4)C5)c3c2=O)c1.C=CC(=O)Nc1cccc(-n2cc(Nc3cn(C)nc3OC)c3ncn(C4CCC4)c3c2=O)c1. The molecule has 8 N–H and O–H groups in total. The van der Waals surface area contributed by atoms with E-state index in [1.807, 2.05) is 90.2 Å². The Balaban J connectivity index is 0.000000118. The van der Waals surface area contributed by atoms with Crippen LogP contribution in [-0.2, 0) is 48.1 Å². The predicted molar refractivity (Wildman–Crippen MR) is 505 cm³/mol. The Morgan fingerprint density at radius 1 is 0.508 bits per heavy atom. The Hall–Kier alpha value is -16.4. The third-order valence-electron chi connectivity index (χ3n) is 25.0. The third-order valence-corrected chi connectivity index (χ3v) is 25.0. The summed E-state index contributed by atoms with van der Waals surface area (Å²) in [5, 5.41) is 39.4. The van der Waals surface area contributed by atoms with Gasteiger partial charge >= 0.3 is 0 Å². The van der Waals surface area contributed by atoms with Crippen molar-refractivity contribution in [3.05, 3.63) is 260 Å². The number of carbonyl (C=O) groups is 3. The number of rotatable bonds is 28. The fraction of sp³-hybridized carbons (Fsp3) is 0.277. The number of aryl methyl sites for hydroxylation is 4. The van der Waals surface area contributed by atoms with Crippen LogP contribution in [0.5, 0.6) is 23.5 Å². The number of hydrogen-bond donors (Lipinski definition) is 8. The number of nitrogens with zero attached hydrogens (tertiary/aromatic N) is 20. The number of ether oxygens (including phenoxy) is 4. The molecule has 22 rings (SSSR count). The summed E-state index contributed by atoms with van der Waals surface area (Å²) in [4.78, 5) is 102. The number of aromatic nitrogens is 19. The zero-order chi connectivity index (χ0) is 92.2. The summed E-state index contributed by atoms with van der Waals surface area (Å²) in [6.45, 7) is 25.0. The molecule has 2 atom stereocenters. The lowest BCUT2D eigenvalue weighted by atomic mass is 9.49. The molecule has 14 aromatic rings. The molecule has 38 heteroatoms. The number of aromatic amines is 1. The minimum atomic E-state index is -0.325. The second-order valence-corrected chi connectivity index (χ2v) is 33.7. The van der Waals surface area contributed by atoms with Crippen molar-refractivity contribution in [2.45, 2.75) is 69.0 Å². The second-order valence-electron chi connectivity index (χ2n) is 33.7. The summed E-state index contributed by atoms with van der Waals surface area (Å²) < 4.78 is 39.0. The Morgan fingerprint density at radius 2 is 0.924 bits per heavy atom. The monoisotopic (exact) mass is 1780 g/mol.